The Hall–Kier alpha value is -1.06. The van der Waals surface area contributed by atoms with Crippen LogP contribution in [0.2, 0.25) is 5.02 Å². The van der Waals surface area contributed by atoms with E-state index in [9.17, 15) is 4.79 Å². The van der Waals surface area contributed by atoms with Crippen LogP contribution in [0, 0.1) is 0 Å². The molecule has 74 valence electrons. The van der Waals surface area contributed by atoms with Crippen molar-refractivity contribution in [3.05, 3.63) is 34.9 Å². The third-order valence-electron chi connectivity index (χ3n) is 1.58. The molecule has 1 aromatic rings. The van der Waals surface area contributed by atoms with Crippen LogP contribution in [0.15, 0.2) is 28.8 Å². The molecule has 0 saturated carbocycles. The molecular formula is C9H7Cl2NO2. The third-order valence-corrected chi connectivity index (χ3v) is 2.00. The van der Waals surface area contributed by atoms with Crippen molar-refractivity contribution >= 4 is 35.1 Å². The van der Waals surface area contributed by atoms with Gasteiger partial charge in [-0.1, -0.05) is 23.7 Å². The zero-order chi connectivity index (χ0) is 10.6. The number of hydrogen-bond donors (Lipinski definition) is 0. The van der Waals surface area contributed by atoms with Gasteiger partial charge in [0.15, 0.2) is 5.71 Å². The van der Waals surface area contributed by atoms with Crippen LogP contribution in [0.25, 0.3) is 0 Å². The number of carbonyl (C=O) groups excluding carboxylic acids is 1. The van der Waals surface area contributed by atoms with Gasteiger partial charge in [-0.05, 0) is 12.1 Å². The van der Waals surface area contributed by atoms with Gasteiger partial charge in [0.25, 0.3) is 0 Å². The monoisotopic (exact) mass is 231 g/mol. The third kappa shape index (κ3) is 2.47. The highest BCUT2D eigenvalue weighted by atomic mass is 35.5. The second-order valence-electron chi connectivity index (χ2n) is 2.43. The van der Waals surface area contributed by atoms with Crippen LogP contribution in [0.4, 0.5) is 0 Å². The number of ether oxygens (including phenoxy) is 1. The predicted molar refractivity (Wildman–Crippen MR) is 55.9 cm³/mol. The molecule has 0 saturated heterocycles. The lowest BCUT2D eigenvalue weighted by Gasteiger charge is -2.01. The molecule has 5 heteroatoms. The van der Waals surface area contributed by atoms with Crippen molar-refractivity contribution in [3.63, 3.8) is 0 Å². The van der Waals surface area contributed by atoms with E-state index in [2.05, 4.69) is 9.25 Å². The smallest absolute Gasteiger partial charge is 0.358 e. The molecule has 1 rings (SSSR count). The minimum absolute atomic E-state index is 0.0610. The maximum Gasteiger partial charge on any atom is 0.358 e. The Balaban J connectivity index is 3.03. The highest BCUT2D eigenvalue weighted by molar-refractivity contribution is 6.47. The molecule has 0 bridgehead atoms. The molecule has 0 N–H and O–H groups in total. The number of halogens is 2. The van der Waals surface area contributed by atoms with Gasteiger partial charge in [-0.3, -0.25) is 0 Å². The fourth-order valence-corrected chi connectivity index (χ4v) is 1.20. The molecule has 0 aliphatic carbocycles. The molecule has 0 aliphatic rings. The number of rotatable bonds is 2. The van der Waals surface area contributed by atoms with E-state index in [4.69, 9.17) is 23.4 Å². The first kappa shape index (κ1) is 11.0. The van der Waals surface area contributed by atoms with Crippen molar-refractivity contribution < 1.29 is 9.53 Å². The molecule has 0 spiro atoms. The van der Waals surface area contributed by atoms with Crippen LogP contribution in [-0.2, 0) is 9.53 Å². The number of nitrogens with zero attached hydrogens (tertiary/aromatic N) is 1. The van der Waals surface area contributed by atoms with Gasteiger partial charge in [0.2, 0.25) is 0 Å². The molecule has 0 atom stereocenters. The summed E-state index contributed by atoms with van der Waals surface area (Å²) in [4.78, 5) is 11.2. The number of carbonyl (C=O) groups is 1. The quantitative estimate of drug-likeness (QED) is 0.580. The minimum atomic E-state index is -0.581. The Kier molecular flexibility index (Phi) is 3.92. The first-order valence-corrected chi connectivity index (χ1v) is 4.44. The molecule has 1 aromatic carbocycles. The van der Waals surface area contributed by atoms with E-state index in [1.165, 1.54) is 7.11 Å². The molecule has 0 aliphatic heterocycles. The van der Waals surface area contributed by atoms with E-state index in [1.807, 2.05) is 0 Å². The summed E-state index contributed by atoms with van der Waals surface area (Å²) in [6, 6.07) is 6.56. The SMILES string of the molecule is COC(=O)/C(=N/Cl)c1ccc(Cl)cc1. The van der Waals surface area contributed by atoms with Crippen molar-refractivity contribution in [3.8, 4) is 0 Å². The Morgan fingerprint density at radius 3 is 2.36 bits per heavy atom. The van der Waals surface area contributed by atoms with Crippen LogP contribution >= 0.6 is 23.4 Å². The van der Waals surface area contributed by atoms with Gasteiger partial charge in [-0.2, -0.15) is 4.51 Å². The molecular weight excluding hydrogens is 225 g/mol. The Labute approximate surface area is 91.4 Å². The molecule has 3 nitrogen and oxygen atoms in total. The summed E-state index contributed by atoms with van der Waals surface area (Å²) in [6.07, 6.45) is 0. The normalized spacial score (nSPS) is 11.2. The fraction of sp³-hybridized carbons (Fsp3) is 0.111. The number of benzene rings is 1. The molecule has 0 fully saturated rings. The largest absolute Gasteiger partial charge is 0.464 e. The molecule has 0 unspecified atom stereocenters. The first-order chi connectivity index (χ1) is 6.69. The standard InChI is InChI=1S/C9H7Cl2NO2/c1-14-9(13)8(12-11)6-2-4-7(10)5-3-6/h2-5H,1H3/b12-8+. The molecule has 0 radical (unpaired) electrons. The highest BCUT2D eigenvalue weighted by Gasteiger charge is 2.13. The van der Waals surface area contributed by atoms with Crippen molar-refractivity contribution in [2.24, 2.45) is 4.51 Å². The van der Waals surface area contributed by atoms with Crippen LogP contribution in [0.5, 0.6) is 0 Å². The van der Waals surface area contributed by atoms with E-state index < -0.39 is 5.97 Å². The van der Waals surface area contributed by atoms with E-state index >= 15 is 0 Å². The molecule has 0 heterocycles. The molecule has 0 aromatic heterocycles. The summed E-state index contributed by atoms with van der Waals surface area (Å²) in [7, 11) is 1.26. The maximum atomic E-state index is 11.2. The van der Waals surface area contributed by atoms with E-state index in [-0.39, 0.29) is 5.71 Å². The van der Waals surface area contributed by atoms with Crippen molar-refractivity contribution in [2.45, 2.75) is 0 Å². The lowest BCUT2D eigenvalue weighted by atomic mass is 10.1. The van der Waals surface area contributed by atoms with Gasteiger partial charge >= 0.3 is 5.97 Å². The van der Waals surface area contributed by atoms with Crippen LogP contribution in [-0.4, -0.2) is 18.8 Å². The zero-order valence-corrected chi connectivity index (χ0v) is 8.84. The maximum absolute atomic E-state index is 11.2. The number of hydrogen-bond acceptors (Lipinski definition) is 3. The lowest BCUT2D eigenvalue weighted by Crippen LogP contribution is -2.16. The summed E-state index contributed by atoms with van der Waals surface area (Å²) in [5, 5.41) is 0.576. The van der Waals surface area contributed by atoms with Crippen LogP contribution in [0.3, 0.4) is 0 Å². The van der Waals surface area contributed by atoms with Crippen LogP contribution in [0.1, 0.15) is 5.56 Å². The Bertz CT molecular complexity index is 360. The van der Waals surface area contributed by atoms with Gasteiger partial charge in [0.05, 0.1) is 7.11 Å². The van der Waals surface area contributed by atoms with Gasteiger partial charge in [-0.15, -0.1) is 0 Å². The second kappa shape index (κ2) is 4.98. The van der Waals surface area contributed by atoms with E-state index in [0.717, 1.165) is 0 Å². The Morgan fingerprint density at radius 2 is 1.93 bits per heavy atom. The molecule has 0 amide bonds. The summed E-state index contributed by atoms with van der Waals surface area (Å²) >= 11 is 11.0. The second-order valence-corrected chi connectivity index (χ2v) is 3.04. The summed E-state index contributed by atoms with van der Waals surface area (Å²) < 4.78 is 7.83. The van der Waals surface area contributed by atoms with E-state index in [0.29, 0.717) is 10.6 Å². The Morgan fingerprint density at radius 1 is 1.36 bits per heavy atom. The highest BCUT2D eigenvalue weighted by Crippen LogP contribution is 2.11. The summed E-state index contributed by atoms with van der Waals surface area (Å²) in [5.41, 5.74) is 0.627. The van der Waals surface area contributed by atoms with Crippen molar-refractivity contribution in [1.29, 1.82) is 0 Å². The fourth-order valence-electron chi connectivity index (χ4n) is 0.906. The average Bonchev–Trinajstić information content (AvgIpc) is 2.21. The van der Waals surface area contributed by atoms with Gasteiger partial charge < -0.3 is 4.74 Å². The van der Waals surface area contributed by atoms with Gasteiger partial charge in [-0.25, -0.2) is 4.79 Å². The average molecular weight is 232 g/mol. The van der Waals surface area contributed by atoms with Gasteiger partial charge in [0.1, 0.15) is 0 Å². The first-order valence-electron chi connectivity index (χ1n) is 3.72. The summed E-state index contributed by atoms with van der Waals surface area (Å²) in [5.74, 6) is -0.581. The lowest BCUT2D eigenvalue weighted by molar-refractivity contribution is -0.132. The predicted octanol–water partition coefficient (Wildman–Crippen LogP) is 2.46. The van der Waals surface area contributed by atoms with Gasteiger partial charge in [0, 0.05) is 22.4 Å². The number of methoxy groups -OCH3 is 1. The topological polar surface area (TPSA) is 38.7 Å². The van der Waals surface area contributed by atoms with Crippen LogP contribution < -0.4 is 0 Å². The molecule has 14 heavy (non-hydrogen) atoms. The number of esters is 1. The van der Waals surface area contributed by atoms with E-state index in [1.54, 1.807) is 24.3 Å². The zero-order valence-electron chi connectivity index (χ0n) is 7.33. The minimum Gasteiger partial charge on any atom is -0.464 e. The van der Waals surface area contributed by atoms with Crippen molar-refractivity contribution in [1.82, 2.24) is 0 Å². The van der Waals surface area contributed by atoms with Crippen molar-refractivity contribution in [2.75, 3.05) is 7.11 Å². The summed E-state index contributed by atoms with van der Waals surface area (Å²) in [6.45, 7) is 0.